The molecule has 1 aromatic carbocycles. The number of benzene rings is 1. The maximum atomic E-state index is 12.8. The van der Waals surface area contributed by atoms with Crippen molar-refractivity contribution in [2.45, 2.75) is 33.3 Å². The number of nitrogens with zero attached hydrogens (tertiary/aromatic N) is 4. The smallest absolute Gasteiger partial charge is 0.331 e. The highest BCUT2D eigenvalue weighted by Crippen LogP contribution is 2.31. The number of aliphatic hydroxyl groups is 1. The molecule has 3 N–H and O–H groups in total. The Labute approximate surface area is 172 Å². The first kappa shape index (κ1) is 19.6. The molecule has 0 aliphatic carbocycles. The number of rotatable bonds is 5. The number of amides is 1. The van der Waals surface area contributed by atoms with E-state index in [-0.39, 0.29) is 12.6 Å². The van der Waals surface area contributed by atoms with Gasteiger partial charge in [0.05, 0.1) is 17.8 Å². The zero-order valence-electron chi connectivity index (χ0n) is 16.9. The Balaban J connectivity index is 1.59. The number of aromatic nitrogens is 5. The largest absolute Gasteiger partial charge is 0.439 e. The highest BCUT2D eigenvalue weighted by molar-refractivity contribution is 5.99. The number of carbonyl (C=O) groups excluding carboxylic acids is 1. The second-order valence-electron chi connectivity index (χ2n) is 7.21. The minimum atomic E-state index is -0.303. The minimum Gasteiger partial charge on any atom is -0.439 e. The molecule has 0 saturated heterocycles. The molecule has 3 aromatic heterocycles. The van der Waals surface area contributed by atoms with Gasteiger partial charge in [-0.3, -0.25) is 15.0 Å². The zero-order valence-corrected chi connectivity index (χ0v) is 16.9. The van der Waals surface area contributed by atoms with Crippen LogP contribution in [0.3, 0.4) is 0 Å². The Morgan fingerprint density at radius 2 is 2.10 bits per heavy atom. The average Bonchev–Trinajstić information content (AvgIpc) is 3.38. The molecule has 154 valence electrons. The van der Waals surface area contributed by atoms with E-state index in [1.165, 1.54) is 10.9 Å². The standard InChI is InChI=1S/C21H22N6O3/c1-12(2)16-9-19(26-25-16)24-21(29)27-7-6-15-13(3)18(5-4-17(15)27)30-20-8-14(10-28)22-11-23-20/h4-9,11-12,28H,10H2,1-3H3,(H2,24,25,26,29). The van der Waals surface area contributed by atoms with Gasteiger partial charge >= 0.3 is 6.03 Å². The van der Waals surface area contributed by atoms with Crippen LogP contribution in [0.25, 0.3) is 10.9 Å². The van der Waals surface area contributed by atoms with Crippen LogP contribution in [0.15, 0.2) is 42.9 Å². The molecule has 9 heteroatoms. The van der Waals surface area contributed by atoms with Gasteiger partial charge in [-0.15, -0.1) is 0 Å². The van der Waals surface area contributed by atoms with E-state index in [0.29, 0.717) is 29.1 Å². The van der Waals surface area contributed by atoms with Crippen molar-refractivity contribution in [3.8, 4) is 11.6 Å². The van der Waals surface area contributed by atoms with Gasteiger partial charge in [0, 0.05) is 35.0 Å². The summed E-state index contributed by atoms with van der Waals surface area (Å²) < 4.78 is 7.40. The molecule has 0 aliphatic heterocycles. The minimum absolute atomic E-state index is 0.191. The van der Waals surface area contributed by atoms with E-state index in [4.69, 9.17) is 4.74 Å². The van der Waals surface area contributed by atoms with E-state index in [1.807, 2.05) is 39.0 Å². The second kappa shape index (κ2) is 7.96. The Hall–Kier alpha value is -3.72. The third-order valence-electron chi connectivity index (χ3n) is 4.84. The van der Waals surface area contributed by atoms with E-state index in [1.54, 1.807) is 18.3 Å². The summed E-state index contributed by atoms with van der Waals surface area (Å²) in [4.78, 5) is 20.8. The van der Waals surface area contributed by atoms with Crippen molar-refractivity contribution in [1.29, 1.82) is 0 Å². The maximum absolute atomic E-state index is 12.8. The molecule has 1 amide bonds. The van der Waals surface area contributed by atoms with Crippen molar-refractivity contribution in [2.75, 3.05) is 5.32 Å². The summed E-state index contributed by atoms with van der Waals surface area (Å²) in [5.74, 6) is 1.72. The molecule has 9 nitrogen and oxygen atoms in total. The lowest BCUT2D eigenvalue weighted by Crippen LogP contribution is -2.18. The quantitative estimate of drug-likeness (QED) is 0.462. The monoisotopic (exact) mass is 406 g/mol. The molecule has 30 heavy (non-hydrogen) atoms. The van der Waals surface area contributed by atoms with Crippen LogP contribution in [0.1, 0.15) is 36.7 Å². The number of hydrogen-bond acceptors (Lipinski definition) is 6. The Morgan fingerprint density at radius 1 is 1.27 bits per heavy atom. The summed E-state index contributed by atoms with van der Waals surface area (Å²) in [6.07, 6.45) is 3.05. The maximum Gasteiger partial charge on any atom is 0.331 e. The van der Waals surface area contributed by atoms with Gasteiger partial charge in [0.2, 0.25) is 5.88 Å². The molecule has 4 rings (SSSR count). The molecule has 0 bridgehead atoms. The number of ether oxygens (including phenoxy) is 1. The lowest BCUT2D eigenvalue weighted by molar-refractivity contribution is 0.254. The molecule has 0 saturated carbocycles. The zero-order chi connectivity index (χ0) is 21.3. The second-order valence-corrected chi connectivity index (χ2v) is 7.21. The lowest BCUT2D eigenvalue weighted by atomic mass is 10.1. The van der Waals surface area contributed by atoms with Crippen LogP contribution in [-0.2, 0) is 6.61 Å². The fourth-order valence-corrected chi connectivity index (χ4v) is 3.13. The predicted molar refractivity (Wildman–Crippen MR) is 112 cm³/mol. The molecule has 0 fully saturated rings. The Bertz CT molecular complexity index is 1210. The number of aryl methyl sites for hydroxylation is 1. The van der Waals surface area contributed by atoms with Crippen LogP contribution in [0.5, 0.6) is 11.6 Å². The highest BCUT2D eigenvalue weighted by Gasteiger charge is 2.15. The topological polar surface area (TPSA) is 118 Å². The highest BCUT2D eigenvalue weighted by atomic mass is 16.5. The van der Waals surface area contributed by atoms with E-state index in [9.17, 15) is 9.90 Å². The SMILES string of the molecule is Cc1c(Oc2cc(CO)ncn2)ccc2c1ccn2C(=O)Nc1cc(C(C)C)[nH]n1. The number of aliphatic hydroxyl groups excluding tert-OH is 1. The third-order valence-corrected chi connectivity index (χ3v) is 4.84. The van der Waals surface area contributed by atoms with E-state index in [0.717, 1.165) is 22.2 Å². The van der Waals surface area contributed by atoms with Crippen LogP contribution in [-0.4, -0.2) is 35.9 Å². The van der Waals surface area contributed by atoms with Crippen LogP contribution in [0, 0.1) is 6.92 Å². The van der Waals surface area contributed by atoms with E-state index < -0.39 is 0 Å². The number of carbonyl (C=O) groups is 1. The summed E-state index contributed by atoms with van der Waals surface area (Å²) in [5.41, 5.74) is 3.04. The lowest BCUT2D eigenvalue weighted by Gasteiger charge is -2.10. The number of anilines is 1. The number of hydrogen-bond donors (Lipinski definition) is 3. The molecule has 3 heterocycles. The molecule has 0 unspecified atom stereocenters. The molecular formula is C21H22N6O3. The van der Waals surface area contributed by atoms with Gasteiger partial charge in [0.25, 0.3) is 0 Å². The molecule has 0 aliphatic rings. The van der Waals surface area contributed by atoms with Gasteiger partial charge in [-0.2, -0.15) is 5.10 Å². The van der Waals surface area contributed by atoms with Crippen molar-refractivity contribution in [2.24, 2.45) is 0 Å². The Morgan fingerprint density at radius 3 is 2.83 bits per heavy atom. The fourth-order valence-electron chi connectivity index (χ4n) is 3.13. The number of H-pyrrole nitrogens is 1. The molecule has 0 atom stereocenters. The summed E-state index contributed by atoms with van der Waals surface area (Å²) in [6.45, 7) is 5.82. The van der Waals surface area contributed by atoms with Crippen LogP contribution < -0.4 is 10.1 Å². The predicted octanol–water partition coefficient (Wildman–Crippen LogP) is 3.95. The molecular weight excluding hydrogens is 384 g/mol. The third kappa shape index (κ3) is 3.74. The molecule has 0 radical (unpaired) electrons. The number of nitrogens with one attached hydrogen (secondary N) is 2. The average molecular weight is 406 g/mol. The summed E-state index contributed by atoms with van der Waals surface area (Å²) in [7, 11) is 0. The number of aromatic amines is 1. The van der Waals surface area contributed by atoms with Crippen molar-refractivity contribution in [1.82, 2.24) is 24.7 Å². The summed E-state index contributed by atoms with van der Waals surface area (Å²) in [5, 5.41) is 20.0. The van der Waals surface area contributed by atoms with Crippen molar-refractivity contribution < 1.29 is 14.6 Å². The first-order chi connectivity index (χ1) is 14.5. The van der Waals surface area contributed by atoms with E-state index >= 15 is 0 Å². The normalized spacial score (nSPS) is 11.2. The van der Waals surface area contributed by atoms with Crippen LogP contribution in [0.2, 0.25) is 0 Å². The van der Waals surface area contributed by atoms with Crippen molar-refractivity contribution >= 4 is 22.8 Å². The van der Waals surface area contributed by atoms with Gasteiger partial charge in [-0.1, -0.05) is 13.8 Å². The number of fused-ring (bicyclic) bond motifs is 1. The summed E-state index contributed by atoms with van der Waals surface area (Å²) in [6, 6.07) is 8.57. The van der Waals surface area contributed by atoms with Gasteiger partial charge < -0.3 is 9.84 Å². The van der Waals surface area contributed by atoms with Crippen LogP contribution >= 0.6 is 0 Å². The van der Waals surface area contributed by atoms with Gasteiger partial charge in [-0.25, -0.2) is 14.8 Å². The molecule has 0 spiro atoms. The summed E-state index contributed by atoms with van der Waals surface area (Å²) >= 11 is 0. The van der Waals surface area contributed by atoms with Crippen molar-refractivity contribution in [3.63, 3.8) is 0 Å². The van der Waals surface area contributed by atoms with Crippen molar-refractivity contribution in [3.05, 3.63) is 59.8 Å². The van der Waals surface area contributed by atoms with Gasteiger partial charge in [0.15, 0.2) is 5.82 Å². The van der Waals surface area contributed by atoms with Gasteiger partial charge in [0.1, 0.15) is 12.1 Å². The Kier molecular flexibility index (Phi) is 5.20. The van der Waals surface area contributed by atoms with Gasteiger partial charge in [-0.05, 0) is 31.0 Å². The van der Waals surface area contributed by atoms with E-state index in [2.05, 4.69) is 25.5 Å². The van der Waals surface area contributed by atoms with Crippen LogP contribution in [0.4, 0.5) is 10.6 Å². The molecule has 4 aromatic rings. The fraction of sp³-hybridized carbons (Fsp3) is 0.238. The first-order valence-corrected chi connectivity index (χ1v) is 9.53. The first-order valence-electron chi connectivity index (χ1n) is 9.53.